The monoisotopic (exact) mass is 309 g/mol. The molecule has 0 fully saturated rings. The smallest absolute Gasteiger partial charge is 0.127 e. The second kappa shape index (κ2) is 7.01. The van der Waals surface area contributed by atoms with Crippen LogP contribution in [0.4, 0.5) is 8.78 Å². The summed E-state index contributed by atoms with van der Waals surface area (Å²) in [6, 6.07) is 7.59. The lowest BCUT2D eigenvalue weighted by Gasteiger charge is -2.13. The molecule has 0 aliphatic rings. The SMILES string of the molecule is CCCNCc1cc(F)ccc1-c1cc(C)c(F)cc1Cl. The van der Waals surface area contributed by atoms with Crippen molar-refractivity contribution in [1.29, 1.82) is 0 Å². The Labute approximate surface area is 128 Å². The van der Waals surface area contributed by atoms with Gasteiger partial charge in [-0.2, -0.15) is 0 Å². The van der Waals surface area contributed by atoms with Crippen LogP contribution in [-0.4, -0.2) is 6.54 Å². The summed E-state index contributed by atoms with van der Waals surface area (Å²) in [6.07, 6.45) is 1.00. The van der Waals surface area contributed by atoms with E-state index in [4.69, 9.17) is 11.6 Å². The molecular formula is C17H18ClF2N. The minimum atomic E-state index is -0.337. The van der Waals surface area contributed by atoms with Gasteiger partial charge in [0.15, 0.2) is 0 Å². The van der Waals surface area contributed by atoms with Crippen LogP contribution in [0.1, 0.15) is 24.5 Å². The standard InChI is InChI=1S/C17H18ClF2N/c1-3-6-21-10-12-8-13(19)4-5-14(12)15-7-11(2)17(20)9-16(15)18/h4-5,7-9,21H,3,6,10H2,1-2H3. The molecule has 1 nitrogen and oxygen atoms in total. The number of nitrogens with one attached hydrogen (secondary N) is 1. The highest BCUT2D eigenvalue weighted by Gasteiger charge is 2.12. The van der Waals surface area contributed by atoms with Crippen LogP contribution < -0.4 is 5.32 Å². The molecule has 0 saturated heterocycles. The highest BCUT2D eigenvalue weighted by atomic mass is 35.5. The lowest BCUT2D eigenvalue weighted by Crippen LogP contribution is -2.14. The maximum absolute atomic E-state index is 13.5. The molecule has 2 aromatic carbocycles. The molecule has 0 aromatic heterocycles. The van der Waals surface area contributed by atoms with Gasteiger partial charge in [-0.1, -0.05) is 24.6 Å². The van der Waals surface area contributed by atoms with Gasteiger partial charge in [0, 0.05) is 12.1 Å². The van der Waals surface area contributed by atoms with E-state index < -0.39 is 0 Å². The van der Waals surface area contributed by atoms with E-state index in [1.807, 2.05) is 0 Å². The Bertz CT molecular complexity index is 641. The highest BCUT2D eigenvalue weighted by molar-refractivity contribution is 6.33. The molecule has 0 bridgehead atoms. The van der Waals surface area contributed by atoms with Crippen molar-refractivity contribution in [3.05, 3.63) is 58.1 Å². The zero-order valence-electron chi connectivity index (χ0n) is 12.1. The van der Waals surface area contributed by atoms with Crippen LogP contribution in [0, 0.1) is 18.6 Å². The van der Waals surface area contributed by atoms with Crippen molar-refractivity contribution in [2.45, 2.75) is 26.8 Å². The fourth-order valence-corrected chi connectivity index (χ4v) is 2.49. The lowest BCUT2D eigenvalue weighted by molar-refractivity contribution is 0.617. The van der Waals surface area contributed by atoms with E-state index in [0.29, 0.717) is 17.1 Å². The molecular weight excluding hydrogens is 292 g/mol. The average Bonchev–Trinajstić information content (AvgIpc) is 2.44. The summed E-state index contributed by atoms with van der Waals surface area (Å²) in [6.45, 7) is 5.16. The third-order valence-electron chi connectivity index (χ3n) is 3.35. The topological polar surface area (TPSA) is 12.0 Å². The van der Waals surface area contributed by atoms with Gasteiger partial charge in [-0.05, 0) is 60.8 Å². The summed E-state index contributed by atoms with van der Waals surface area (Å²) in [5.41, 5.74) is 2.89. The summed E-state index contributed by atoms with van der Waals surface area (Å²) in [5, 5.41) is 3.59. The van der Waals surface area contributed by atoms with E-state index in [9.17, 15) is 8.78 Å². The first kappa shape index (κ1) is 15.9. The number of rotatable bonds is 5. The van der Waals surface area contributed by atoms with E-state index in [1.165, 1.54) is 18.2 Å². The second-order valence-electron chi connectivity index (χ2n) is 5.06. The summed E-state index contributed by atoms with van der Waals surface area (Å²) in [5.74, 6) is -0.626. The van der Waals surface area contributed by atoms with Gasteiger partial charge >= 0.3 is 0 Å². The molecule has 0 spiro atoms. The van der Waals surface area contributed by atoms with Crippen LogP contribution >= 0.6 is 11.6 Å². The fourth-order valence-electron chi connectivity index (χ4n) is 2.23. The van der Waals surface area contributed by atoms with Crippen molar-refractivity contribution in [2.75, 3.05) is 6.54 Å². The number of benzene rings is 2. The normalized spacial score (nSPS) is 10.9. The third kappa shape index (κ3) is 3.80. The van der Waals surface area contributed by atoms with Gasteiger partial charge < -0.3 is 5.32 Å². The van der Waals surface area contributed by atoms with Crippen molar-refractivity contribution in [3.63, 3.8) is 0 Å². The van der Waals surface area contributed by atoms with Crippen LogP contribution in [0.2, 0.25) is 5.02 Å². The summed E-state index contributed by atoms with van der Waals surface area (Å²) in [4.78, 5) is 0. The molecule has 1 N–H and O–H groups in total. The summed E-state index contributed by atoms with van der Waals surface area (Å²) in [7, 11) is 0. The van der Waals surface area contributed by atoms with Gasteiger partial charge in [-0.15, -0.1) is 0 Å². The zero-order valence-corrected chi connectivity index (χ0v) is 12.9. The molecule has 4 heteroatoms. The van der Waals surface area contributed by atoms with E-state index >= 15 is 0 Å². The maximum atomic E-state index is 13.5. The van der Waals surface area contributed by atoms with Crippen molar-refractivity contribution in [3.8, 4) is 11.1 Å². The Morgan fingerprint density at radius 2 is 1.86 bits per heavy atom. The van der Waals surface area contributed by atoms with Crippen LogP contribution in [0.15, 0.2) is 30.3 Å². The maximum Gasteiger partial charge on any atom is 0.127 e. The summed E-state index contributed by atoms with van der Waals surface area (Å²) < 4.78 is 27.0. The van der Waals surface area contributed by atoms with E-state index in [-0.39, 0.29) is 11.6 Å². The summed E-state index contributed by atoms with van der Waals surface area (Å²) >= 11 is 6.15. The Kier molecular flexibility index (Phi) is 5.32. The minimum Gasteiger partial charge on any atom is -0.313 e. The molecule has 0 amide bonds. The average molecular weight is 310 g/mol. The first-order valence-corrected chi connectivity index (χ1v) is 7.36. The number of aryl methyl sites for hydroxylation is 1. The van der Waals surface area contributed by atoms with Crippen LogP contribution in [0.5, 0.6) is 0 Å². The van der Waals surface area contributed by atoms with E-state index in [2.05, 4.69) is 12.2 Å². The van der Waals surface area contributed by atoms with Crippen LogP contribution in [0.3, 0.4) is 0 Å². The minimum absolute atomic E-state index is 0.290. The molecule has 2 aromatic rings. The Morgan fingerprint density at radius 3 is 2.57 bits per heavy atom. The molecule has 112 valence electrons. The van der Waals surface area contributed by atoms with Crippen molar-refractivity contribution in [2.24, 2.45) is 0 Å². The number of halogens is 3. The van der Waals surface area contributed by atoms with Crippen LogP contribution in [0.25, 0.3) is 11.1 Å². The number of hydrogen-bond acceptors (Lipinski definition) is 1. The Morgan fingerprint density at radius 1 is 1.10 bits per heavy atom. The van der Waals surface area contributed by atoms with Crippen molar-refractivity contribution >= 4 is 11.6 Å². The van der Waals surface area contributed by atoms with Gasteiger partial charge in [0.05, 0.1) is 5.02 Å². The van der Waals surface area contributed by atoms with Crippen LogP contribution in [-0.2, 0) is 6.54 Å². The molecule has 2 rings (SSSR count). The predicted octanol–water partition coefficient (Wildman–Crippen LogP) is 5.09. The molecule has 0 saturated carbocycles. The first-order chi connectivity index (χ1) is 10.0. The molecule has 0 radical (unpaired) electrons. The van der Waals surface area contributed by atoms with Crippen molar-refractivity contribution in [1.82, 2.24) is 5.32 Å². The third-order valence-corrected chi connectivity index (χ3v) is 3.66. The van der Waals surface area contributed by atoms with Crippen molar-refractivity contribution < 1.29 is 8.78 Å². The quantitative estimate of drug-likeness (QED) is 0.758. The van der Waals surface area contributed by atoms with Gasteiger partial charge in [0.2, 0.25) is 0 Å². The Balaban J connectivity index is 2.45. The van der Waals surface area contributed by atoms with Gasteiger partial charge in [-0.3, -0.25) is 0 Å². The molecule has 21 heavy (non-hydrogen) atoms. The highest BCUT2D eigenvalue weighted by Crippen LogP contribution is 2.33. The van der Waals surface area contributed by atoms with E-state index in [0.717, 1.165) is 29.7 Å². The molecule has 0 atom stereocenters. The van der Waals surface area contributed by atoms with Gasteiger partial charge in [0.1, 0.15) is 11.6 Å². The molecule has 0 heterocycles. The molecule has 0 unspecified atom stereocenters. The van der Waals surface area contributed by atoms with Gasteiger partial charge in [-0.25, -0.2) is 8.78 Å². The number of hydrogen-bond donors (Lipinski definition) is 1. The Hall–Kier alpha value is -1.45. The predicted molar refractivity (Wildman–Crippen MR) is 83.5 cm³/mol. The first-order valence-electron chi connectivity index (χ1n) is 6.98. The lowest BCUT2D eigenvalue weighted by atomic mass is 9.97. The van der Waals surface area contributed by atoms with Gasteiger partial charge in [0.25, 0.3) is 0 Å². The van der Waals surface area contributed by atoms with E-state index in [1.54, 1.807) is 19.1 Å². The molecule has 0 aliphatic carbocycles. The largest absolute Gasteiger partial charge is 0.313 e. The second-order valence-corrected chi connectivity index (χ2v) is 5.47. The zero-order chi connectivity index (χ0) is 15.4. The fraction of sp³-hybridized carbons (Fsp3) is 0.294. The molecule has 0 aliphatic heterocycles.